The van der Waals surface area contributed by atoms with Crippen LogP contribution in [0.4, 0.5) is 5.82 Å². The SMILES string of the molecule is CC(O)Cc1cccnc1N1CCCCC1. The fourth-order valence-corrected chi connectivity index (χ4v) is 2.30. The molecule has 3 nitrogen and oxygen atoms in total. The molecule has 0 radical (unpaired) electrons. The number of rotatable bonds is 3. The zero-order valence-corrected chi connectivity index (χ0v) is 9.89. The summed E-state index contributed by atoms with van der Waals surface area (Å²) in [6.45, 7) is 4.03. The molecule has 1 aliphatic heterocycles. The number of nitrogens with zero attached hydrogens (tertiary/aromatic N) is 2. The van der Waals surface area contributed by atoms with Crippen LogP contribution in [0.2, 0.25) is 0 Å². The zero-order chi connectivity index (χ0) is 11.4. The second-order valence-corrected chi connectivity index (χ2v) is 4.59. The molecule has 1 aliphatic rings. The Bertz CT molecular complexity index is 332. The lowest BCUT2D eigenvalue weighted by molar-refractivity contribution is 0.195. The number of hydrogen-bond acceptors (Lipinski definition) is 3. The van der Waals surface area contributed by atoms with Crippen molar-refractivity contribution in [2.75, 3.05) is 18.0 Å². The maximum Gasteiger partial charge on any atom is 0.131 e. The van der Waals surface area contributed by atoms with Gasteiger partial charge in [-0.2, -0.15) is 0 Å². The van der Waals surface area contributed by atoms with Gasteiger partial charge in [0.15, 0.2) is 0 Å². The van der Waals surface area contributed by atoms with Crippen LogP contribution in [0.15, 0.2) is 18.3 Å². The number of aromatic nitrogens is 1. The molecule has 3 heteroatoms. The second-order valence-electron chi connectivity index (χ2n) is 4.59. The molecule has 1 saturated heterocycles. The van der Waals surface area contributed by atoms with Crippen LogP contribution in [0.5, 0.6) is 0 Å². The van der Waals surface area contributed by atoms with Gasteiger partial charge >= 0.3 is 0 Å². The molecule has 1 fully saturated rings. The van der Waals surface area contributed by atoms with Gasteiger partial charge in [0.1, 0.15) is 5.82 Å². The van der Waals surface area contributed by atoms with Crippen LogP contribution in [0, 0.1) is 0 Å². The van der Waals surface area contributed by atoms with Gasteiger partial charge in [0.2, 0.25) is 0 Å². The molecular formula is C13H20N2O. The first kappa shape index (κ1) is 11.4. The summed E-state index contributed by atoms with van der Waals surface area (Å²) in [6, 6.07) is 4.02. The minimum Gasteiger partial charge on any atom is -0.393 e. The molecule has 0 aliphatic carbocycles. The van der Waals surface area contributed by atoms with Crippen molar-refractivity contribution in [2.45, 2.75) is 38.7 Å². The number of hydrogen-bond donors (Lipinski definition) is 1. The monoisotopic (exact) mass is 220 g/mol. The Morgan fingerprint density at radius 2 is 2.12 bits per heavy atom. The highest BCUT2D eigenvalue weighted by Crippen LogP contribution is 2.22. The maximum absolute atomic E-state index is 9.48. The van der Waals surface area contributed by atoms with Crippen molar-refractivity contribution in [3.8, 4) is 0 Å². The van der Waals surface area contributed by atoms with E-state index < -0.39 is 0 Å². The van der Waals surface area contributed by atoms with Gasteiger partial charge in [-0.1, -0.05) is 6.07 Å². The predicted molar refractivity (Wildman–Crippen MR) is 65.7 cm³/mol. The lowest BCUT2D eigenvalue weighted by atomic mass is 10.1. The van der Waals surface area contributed by atoms with Crippen LogP contribution in [0.3, 0.4) is 0 Å². The molecular weight excluding hydrogens is 200 g/mol. The second kappa shape index (κ2) is 5.30. The van der Waals surface area contributed by atoms with Crippen molar-refractivity contribution in [1.29, 1.82) is 0 Å². The molecule has 1 N–H and O–H groups in total. The van der Waals surface area contributed by atoms with Crippen molar-refractivity contribution in [1.82, 2.24) is 4.98 Å². The van der Waals surface area contributed by atoms with E-state index in [-0.39, 0.29) is 6.10 Å². The van der Waals surface area contributed by atoms with Gasteiger partial charge in [0.25, 0.3) is 0 Å². The molecule has 0 saturated carbocycles. The van der Waals surface area contributed by atoms with Crippen LogP contribution >= 0.6 is 0 Å². The van der Waals surface area contributed by atoms with Gasteiger partial charge < -0.3 is 10.0 Å². The van der Waals surface area contributed by atoms with Gasteiger partial charge in [-0.3, -0.25) is 0 Å². The fourth-order valence-electron chi connectivity index (χ4n) is 2.30. The smallest absolute Gasteiger partial charge is 0.131 e. The van der Waals surface area contributed by atoms with E-state index in [1.807, 2.05) is 19.2 Å². The van der Waals surface area contributed by atoms with Crippen LogP contribution in [0.25, 0.3) is 0 Å². The predicted octanol–water partition coefficient (Wildman–Crippen LogP) is 2.00. The van der Waals surface area contributed by atoms with Crippen molar-refractivity contribution >= 4 is 5.82 Å². The number of piperidine rings is 1. The fraction of sp³-hybridized carbons (Fsp3) is 0.615. The van der Waals surface area contributed by atoms with Gasteiger partial charge in [0, 0.05) is 25.7 Å². The summed E-state index contributed by atoms with van der Waals surface area (Å²) in [4.78, 5) is 6.82. The van der Waals surface area contributed by atoms with E-state index in [0.29, 0.717) is 6.42 Å². The summed E-state index contributed by atoms with van der Waals surface area (Å²) in [6.07, 6.45) is 6.08. The van der Waals surface area contributed by atoms with Crippen molar-refractivity contribution in [3.05, 3.63) is 23.9 Å². The topological polar surface area (TPSA) is 36.4 Å². The van der Waals surface area contributed by atoms with E-state index in [1.165, 1.54) is 24.8 Å². The molecule has 2 rings (SSSR count). The molecule has 1 unspecified atom stereocenters. The van der Waals surface area contributed by atoms with Crippen LogP contribution in [0.1, 0.15) is 31.7 Å². The van der Waals surface area contributed by atoms with E-state index in [0.717, 1.165) is 18.9 Å². The lowest BCUT2D eigenvalue weighted by Gasteiger charge is -2.29. The van der Waals surface area contributed by atoms with Crippen LogP contribution in [-0.2, 0) is 6.42 Å². The van der Waals surface area contributed by atoms with E-state index in [1.54, 1.807) is 0 Å². The molecule has 0 aromatic carbocycles. The Balaban J connectivity index is 2.17. The van der Waals surface area contributed by atoms with Gasteiger partial charge in [-0.05, 0) is 37.8 Å². The molecule has 0 bridgehead atoms. The first-order valence-electron chi connectivity index (χ1n) is 6.14. The summed E-state index contributed by atoms with van der Waals surface area (Å²) in [5.74, 6) is 1.07. The zero-order valence-electron chi connectivity index (χ0n) is 9.89. The molecule has 0 spiro atoms. The van der Waals surface area contributed by atoms with Crippen molar-refractivity contribution in [2.24, 2.45) is 0 Å². The summed E-state index contributed by atoms with van der Waals surface area (Å²) in [7, 11) is 0. The molecule has 2 heterocycles. The molecule has 1 aromatic rings. The number of aliphatic hydroxyl groups is 1. The number of pyridine rings is 1. The Morgan fingerprint density at radius 1 is 1.38 bits per heavy atom. The van der Waals surface area contributed by atoms with Crippen LogP contribution < -0.4 is 4.90 Å². The normalized spacial score (nSPS) is 18.5. The molecule has 16 heavy (non-hydrogen) atoms. The average molecular weight is 220 g/mol. The Kier molecular flexibility index (Phi) is 3.78. The summed E-state index contributed by atoms with van der Waals surface area (Å²) >= 11 is 0. The number of anilines is 1. The maximum atomic E-state index is 9.48. The Morgan fingerprint density at radius 3 is 2.81 bits per heavy atom. The van der Waals surface area contributed by atoms with Gasteiger partial charge in [-0.25, -0.2) is 4.98 Å². The molecule has 1 atom stereocenters. The third-order valence-electron chi connectivity index (χ3n) is 3.04. The van der Waals surface area contributed by atoms with Gasteiger partial charge in [0.05, 0.1) is 6.10 Å². The third-order valence-corrected chi connectivity index (χ3v) is 3.04. The summed E-state index contributed by atoms with van der Waals surface area (Å²) in [5.41, 5.74) is 1.17. The van der Waals surface area contributed by atoms with E-state index in [4.69, 9.17) is 0 Å². The lowest BCUT2D eigenvalue weighted by Crippen LogP contribution is -2.31. The third kappa shape index (κ3) is 2.73. The molecule has 0 amide bonds. The number of aliphatic hydroxyl groups excluding tert-OH is 1. The average Bonchev–Trinajstić information content (AvgIpc) is 2.30. The van der Waals surface area contributed by atoms with E-state index in [2.05, 4.69) is 16.0 Å². The molecule has 1 aromatic heterocycles. The van der Waals surface area contributed by atoms with E-state index >= 15 is 0 Å². The van der Waals surface area contributed by atoms with Gasteiger partial charge in [-0.15, -0.1) is 0 Å². The van der Waals surface area contributed by atoms with E-state index in [9.17, 15) is 5.11 Å². The Labute approximate surface area is 97.1 Å². The highest BCUT2D eigenvalue weighted by Gasteiger charge is 2.15. The van der Waals surface area contributed by atoms with Crippen molar-refractivity contribution < 1.29 is 5.11 Å². The minimum absolute atomic E-state index is 0.298. The van der Waals surface area contributed by atoms with Crippen LogP contribution in [-0.4, -0.2) is 29.3 Å². The highest BCUT2D eigenvalue weighted by molar-refractivity contribution is 5.47. The first-order valence-corrected chi connectivity index (χ1v) is 6.14. The largest absolute Gasteiger partial charge is 0.393 e. The minimum atomic E-state index is -0.298. The highest BCUT2D eigenvalue weighted by atomic mass is 16.3. The summed E-state index contributed by atoms with van der Waals surface area (Å²) < 4.78 is 0. The standard InChI is InChI=1S/C13H20N2O/c1-11(16)10-12-6-5-7-14-13(12)15-8-3-2-4-9-15/h5-7,11,16H,2-4,8-10H2,1H3. The molecule has 88 valence electrons. The Hall–Kier alpha value is -1.09. The summed E-state index contributed by atoms with van der Waals surface area (Å²) in [5, 5.41) is 9.48. The first-order chi connectivity index (χ1) is 7.77. The van der Waals surface area contributed by atoms with Crippen molar-refractivity contribution in [3.63, 3.8) is 0 Å². The quantitative estimate of drug-likeness (QED) is 0.846.